The molecule has 1 amide bonds. The van der Waals surface area contributed by atoms with E-state index in [1.165, 1.54) is 0 Å². The third kappa shape index (κ3) is 3.14. The van der Waals surface area contributed by atoms with Crippen LogP contribution >= 0.6 is 12.2 Å². The van der Waals surface area contributed by atoms with Crippen molar-refractivity contribution >= 4 is 23.1 Å². The molecule has 1 fully saturated rings. The zero-order valence-corrected chi connectivity index (χ0v) is 9.86. The molecule has 0 spiro atoms. The van der Waals surface area contributed by atoms with Gasteiger partial charge in [-0.1, -0.05) is 25.1 Å². The summed E-state index contributed by atoms with van der Waals surface area (Å²) in [6.45, 7) is 0.430. The Kier molecular flexibility index (Phi) is 4.47. The first kappa shape index (κ1) is 12.4. The highest BCUT2D eigenvalue weighted by Gasteiger charge is 2.37. The SMILES string of the molecule is COCCC(=O)NC1(C(N)=S)CCCC1. The number of hydrogen-bond donors (Lipinski definition) is 2. The quantitative estimate of drug-likeness (QED) is 0.684. The lowest BCUT2D eigenvalue weighted by atomic mass is 9.97. The molecule has 0 aromatic heterocycles. The van der Waals surface area contributed by atoms with Crippen LogP contribution in [-0.4, -0.2) is 30.2 Å². The highest BCUT2D eigenvalue weighted by molar-refractivity contribution is 7.80. The predicted molar refractivity (Wildman–Crippen MR) is 62.6 cm³/mol. The van der Waals surface area contributed by atoms with E-state index in [0.717, 1.165) is 25.7 Å². The van der Waals surface area contributed by atoms with Crippen molar-refractivity contribution in [1.82, 2.24) is 5.32 Å². The third-order valence-corrected chi connectivity index (χ3v) is 3.23. The molecule has 1 aliphatic rings. The number of nitrogens with one attached hydrogen (secondary N) is 1. The summed E-state index contributed by atoms with van der Waals surface area (Å²) in [4.78, 5) is 12.0. The number of ether oxygens (including phenoxy) is 1. The number of methoxy groups -OCH3 is 1. The van der Waals surface area contributed by atoms with Crippen molar-refractivity contribution in [3.8, 4) is 0 Å². The molecule has 0 bridgehead atoms. The van der Waals surface area contributed by atoms with Gasteiger partial charge in [0.05, 0.1) is 17.1 Å². The van der Waals surface area contributed by atoms with Gasteiger partial charge in [-0.3, -0.25) is 4.79 Å². The van der Waals surface area contributed by atoms with E-state index in [9.17, 15) is 4.79 Å². The molecular weight excluding hydrogens is 212 g/mol. The topological polar surface area (TPSA) is 64.3 Å². The minimum Gasteiger partial charge on any atom is -0.391 e. The minimum absolute atomic E-state index is 0.0356. The van der Waals surface area contributed by atoms with Crippen LogP contribution < -0.4 is 11.1 Å². The normalized spacial score (nSPS) is 18.7. The molecule has 1 saturated carbocycles. The van der Waals surface area contributed by atoms with Crippen LogP contribution in [0.1, 0.15) is 32.1 Å². The van der Waals surface area contributed by atoms with E-state index in [1.54, 1.807) is 7.11 Å². The van der Waals surface area contributed by atoms with E-state index in [1.807, 2.05) is 0 Å². The van der Waals surface area contributed by atoms with Gasteiger partial charge in [-0.05, 0) is 12.8 Å². The maximum Gasteiger partial charge on any atom is 0.223 e. The Morgan fingerprint density at radius 3 is 2.60 bits per heavy atom. The second-order valence-electron chi connectivity index (χ2n) is 3.94. The number of amides is 1. The van der Waals surface area contributed by atoms with Gasteiger partial charge in [-0.15, -0.1) is 0 Å². The highest BCUT2D eigenvalue weighted by atomic mass is 32.1. The van der Waals surface area contributed by atoms with Gasteiger partial charge in [-0.25, -0.2) is 0 Å². The predicted octanol–water partition coefficient (Wildman–Crippen LogP) is 0.738. The summed E-state index contributed by atoms with van der Waals surface area (Å²) < 4.78 is 4.85. The van der Waals surface area contributed by atoms with Crippen LogP contribution in [0.3, 0.4) is 0 Å². The molecule has 1 aliphatic carbocycles. The fraction of sp³-hybridized carbons (Fsp3) is 0.800. The van der Waals surface area contributed by atoms with Gasteiger partial charge >= 0.3 is 0 Å². The zero-order chi connectivity index (χ0) is 11.3. The Balaban J connectivity index is 2.52. The molecule has 0 radical (unpaired) electrons. The van der Waals surface area contributed by atoms with E-state index >= 15 is 0 Å². The van der Waals surface area contributed by atoms with E-state index in [0.29, 0.717) is 18.0 Å². The van der Waals surface area contributed by atoms with Crippen LogP contribution in [0.5, 0.6) is 0 Å². The van der Waals surface area contributed by atoms with Crippen LogP contribution in [0.4, 0.5) is 0 Å². The Morgan fingerprint density at radius 1 is 1.53 bits per heavy atom. The second-order valence-corrected chi connectivity index (χ2v) is 4.38. The number of nitrogens with two attached hydrogens (primary N) is 1. The van der Waals surface area contributed by atoms with Crippen LogP contribution in [0.15, 0.2) is 0 Å². The Hall–Kier alpha value is -0.680. The van der Waals surface area contributed by atoms with E-state index < -0.39 is 5.54 Å². The molecule has 86 valence electrons. The molecule has 0 unspecified atom stereocenters. The summed E-state index contributed by atoms with van der Waals surface area (Å²) in [6, 6.07) is 0. The summed E-state index contributed by atoms with van der Waals surface area (Å²) in [7, 11) is 1.58. The number of rotatable bonds is 5. The standard InChI is InChI=1S/C10H18N2O2S/c1-14-7-4-8(13)12-10(9(11)15)5-2-3-6-10/h2-7H2,1H3,(H2,11,15)(H,12,13). The maximum atomic E-state index is 11.6. The average Bonchev–Trinajstić information content (AvgIpc) is 2.64. The first-order valence-electron chi connectivity index (χ1n) is 5.20. The Labute approximate surface area is 95.5 Å². The molecule has 0 aliphatic heterocycles. The summed E-state index contributed by atoms with van der Waals surface area (Å²) >= 11 is 5.03. The van der Waals surface area contributed by atoms with Crippen molar-refractivity contribution in [3.63, 3.8) is 0 Å². The molecule has 0 heterocycles. The fourth-order valence-electron chi connectivity index (χ4n) is 1.94. The summed E-state index contributed by atoms with van der Waals surface area (Å²) in [5.41, 5.74) is 5.26. The molecule has 0 aromatic rings. The molecular formula is C10H18N2O2S. The van der Waals surface area contributed by atoms with Gasteiger partial charge in [0.2, 0.25) is 5.91 Å². The van der Waals surface area contributed by atoms with Gasteiger partial charge in [0, 0.05) is 13.5 Å². The third-order valence-electron chi connectivity index (χ3n) is 2.84. The summed E-state index contributed by atoms with van der Waals surface area (Å²) in [5.74, 6) is -0.0356. The number of hydrogen-bond acceptors (Lipinski definition) is 3. The van der Waals surface area contributed by atoms with Gasteiger partial charge in [0.1, 0.15) is 0 Å². The molecule has 0 saturated heterocycles. The maximum absolute atomic E-state index is 11.6. The lowest BCUT2D eigenvalue weighted by Crippen LogP contribution is -2.54. The van der Waals surface area contributed by atoms with Crippen molar-refractivity contribution in [3.05, 3.63) is 0 Å². The van der Waals surface area contributed by atoms with Crippen LogP contribution in [0.2, 0.25) is 0 Å². The van der Waals surface area contributed by atoms with E-state index in [-0.39, 0.29) is 5.91 Å². The van der Waals surface area contributed by atoms with E-state index in [4.69, 9.17) is 22.7 Å². The van der Waals surface area contributed by atoms with Crippen molar-refractivity contribution in [1.29, 1.82) is 0 Å². The van der Waals surface area contributed by atoms with Crippen LogP contribution in [0, 0.1) is 0 Å². The highest BCUT2D eigenvalue weighted by Crippen LogP contribution is 2.29. The summed E-state index contributed by atoms with van der Waals surface area (Å²) in [5, 5.41) is 2.94. The van der Waals surface area contributed by atoms with E-state index in [2.05, 4.69) is 5.32 Å². The van der Waals surface area contributed by atoms with Crippen LogP contribution in [-0.2, 0) is 9.53 Å². The number of thiocarbonyl (C=S) groups is 1. The monoisotopic (exact) mass is 230 g/mol. The Bertz CT molecular complexity index is 250. The second kappa shape index (κ2) is 5.42. The fourth-order valence-corrected chi connectivity index (χ4v) is 2.19. The smallest absolute Gasteiger partial charge is 0.223 e. The molecule has 1 rings (SSSR count). The molecule has 4 nitrogen and oxygen atoms in total. The van der Waals surface area contributed by atoms with Gasteiger partial charge in [0.15, 0.2) is 0 Å². The van der Waals surface area contributed by atoms with Crippen LogP contribution in [0.25, 0.3) is 0 Å². The van der Waals surface area contributed by atoms with Crippen molar-refractivity contribution in [2.45, 2.75) is 37.6 Å². The average molecular weight is 230 g/mol. The molecule has 0 aromatic carbocycles. The number of carbonyl (C=O) groups is 1. The van der Waals surface area contributed by atoms with Gasteiger partial charge in [-0.2, -0.15) is 0 Å². The van der Waals surface area contributed by atoms with Gasteiger partial charge < -0.3 is 15.8 Å². The molecule has 3 N–H and O–H groups in total. The first-order valence-corrected chi connectivity index (χ1v) is 5.61. The number of carbonyl (C=O) groups excluding carboxylic acids is 1. The lowest BCUT2D eigenvalue weighted by molar-refractivity contribution is -0.123. The minimum atomic E-state index is -0.430. The van der Waals surface area contributed by atoms with Crippen molar-refractivity contribution < 1.29 is 9.53 Å². The molecule has 5 heteroatoms. The molecule has 15 heavy (non-hydrogen) atoms. The summed E-state index contributed by atoms with van der Waals surface area (Å²) in [6.07, 6.45) is 4.23. The van der Waals surface area contributed by atoms with Crippen molar-refractivity contribution in [2.75, 3.05) is 13.7 Å². The van der Waals surface area contributed by atoms with Gasteiger partial charge in [0.25, 0.3) is 0 Å². The van der Waals surface area contributed by atoms with Crippen molar-refractivity contribution in [2.24, 2.45) is 5.73 Å². The first-order chi connectivity index (χ1) is 7.10. The zero-order valence-electron chi connectivity index (χ0n) is 9.04. The molecule has 0 atom stereocenters. The lowest BCUT2D eigenvalue weighted by Gasteiger charge is -2.29. The largest absolute Gasteiger partial charge is 0.391 e. The Morgan fingerprint density at radius 2 is 2.13 bits per heavy atom.